The number of benzene rings is 1. The number of carboxylic acid groups (broad SMARTS) is 1. The molecule has 1 heterocycles. The lowest BCUT2D eigenvalue weighted by atomic mass is 9.91. The molecule has 2 rings (SSSR count). The van der Waals surface area contributed by atoms with E-state index >= 15 is 0 Å². The van der Waals surface area contributed by atoms with E-state index in [0.29, 0.717) is 19.4 Å². The summed E-state index contributed by atoms with van der Waals surface area (Å²) in [5, 5.41) is 12.1. The average Bonchev–Trinajstić information content (AvgIpc) is 2.61. The van der Waals surface area contributed by atoms with Crippen molar-refractivity contribution < 1.29 is 14.3 Å². The number of aliphatic carboxylic acids is 1. The lowest BCUT2D eigenvalue weighted by molar-refractivity contribution is -0.143. The molecule has 1 saturated heterocycles. The summed E-state index contributed by atoms with van der Waals surface area (Å²) in [7, 11) is 0. The first-order valence-electron chi connectivity index (χ1n) is 5.72. The highest BCUT2D eigenvalue weighted by atomic mass is 19.1. The first-order valence-corrected chi connectivity index (χ1v) is 5.72. The zero-order valence-electron chi connectivity index (χ0n) is 9.74. The van der Waals surface area contributed by atoms with Crippen molar-refractivity contribution in [2.45, 2.75) is 25.3 Å². The molecule has 0 aromatic heterocycles. The highest BCUT2D eigenvalue weighted by Gasteiger charge is 2.40. The number of nitrogens with one attached hydrogen (secondary N) is 1. The highest BCUT2D eigenvalue weighted by Crippen LogP contribution is 2.27. The van der Waals surface area contributed by atoms with Gasteiger partial charge in [0.15, 0.2) is 0 Å². The van der Waals surface area contributed by atoms with Gasteiger partial charge in [0.25, 0.3) is 0 Å². The molecule has 0 aliphatic carbocycles. The second kappa shape index (κ2) is 4.45. The zero-order chi connectivity index (χ0) is 12.5. The van der Waals surface area contributed by atoms with E-state index < -0.39 is 11.5 Å². The van der Waals surface area contributed by atoms with Crippen LogP contribution >= 0.6 is 0 Å². The summed E-state index contributed by atoms with van der Waals surface area (Å²) in [6, 6.07) is 6.48. The molecule has 1 aromatic rings. The molecule has 2 atom stereocenters. The van der Waals surface area contributed by atoms with Crippen molar-refractivity contribution in [3.8, 4) is 0 Å². The maximum absolute atomic E-state index is 13.0. The van der Waals surface area contributed by atoms with E-state index in [1.165, 1.54) is 12.1 Å². The van der Waals surface area contributed by atoms with E-state index in [1.54, 1.807) is 13.0 Å². The predicted molar refractivity (Wildman–Crippen MR) is 62.3 cm³/mol. The maximum atomic E-state index is 13.0. The van der Waals surface area contributed by atoms with Gasteiger partial charge in [-0.15, -0.1) is 0 Å². The zero-order valence-corrected chi connectivity index (χ0v) is 9.74. The molecule has 0 radical (unpaired) electrons. The topological polar surface area (TPSA) is 49.3 Å². The minimum Gasteiger partial charge on any atom is -0.480 e. The molecule has 1 aliphatic heterocycles. The molecule has 1 aliphatic rings. The van der Waals surface area contributed by atoms with Gasteiger partial charge in [0.05, 0.1) is 0 Å². The first-order chi connectivity index (χ1) is 7.99. The standard InChI is InChI=1S/C13H16FNO2/c1-13(12(16)17)7-10(8-15-13)5-9-3-2-4-11(14)6-9/h2-4,6,10,15H,5,7-8H2,1H3,(H,16,17). The van der Waals surface area contributed by atoms with E-state index in [0.717, 1.165) is 5.56 Å². The van der Waals surface area contributed by atoms with Crippen LogP contribution in [0.4, 0.5) is 4.39 Å². The van der Waals surface area contributed by atoms with Crippen molar-refractivity contribution in [1.82, 2.24) is 5.32 Å². The van der Waals surface area contributed by atoms with Gasteiger partial charge in [-0.05, 0) is 49.9 Å². The lowest BCUT2D eigenvalue weighted by Crippen LogP contribution is -2.44. The third-order valence-corrected chi connectivity index (χ3v) is 3.36. The van der Waals surface area contributed by atoms with Crippen molar-refractivity contribution in [2.75, 3.05) is 6.54 Å². The molecule has 1 fully saturated rings. The van der Waals surface area contributed by atoms with E-state index in [-0.39, 0.29) is 11.7 Å². The van der Waals surface area contributed by atoms with Crippen molar-refractivity contribution in [3.63, 3.8) is 0 Å². The van der Waals surface area contributed by atoms with E-state index in [1.807, 2.05) is 6.07 Å². The molecular weight excluding hydrogens is 221 g/mol. The molecule has 0 bridgehead atoms. The smallest absolute Gasteiger partial charge is 0.323 e. The third kappa shape index (κ3) is 2.64. The molecule has 2 unspecified atom stereocenters. The summed E-state index contributed by atoms with van der Waals surface area (Å²) >= 11 is 0. The Hall–Kier alpha value is -1.42. The molecule has 0 spiro atoms. The van der Waals surface area contributed by atoms with Gasteiger partial charge in [-0.1, -0.05) is 12.1 Å². The molecule has 17 heavy (non-hydrogen) atoms. The van der Waals surface area contributed by atoms with Gasteiger partial charge in [-0.2, -0.15) is 0 Å². The fraction of sp³-hybridized carbons (Fsp3) is 0.462. The number of carbonyl (C=O) groups is 1. The summed E-state index contributed by atoms with van der Waals surface area (Å²) in [6.45, 7) is 2.36. The van der Waals surface area contributed by atoms with E-state index in [2.05, 4.69) is 5.32 Å². The molecule has 0 saturated carbocycles. The molecule has 2 N–H and O–H groups in total. The fourth-order valence-electron chi connectivity index (χ4n) is 2.40. The fourth-order valence-corrected chi connectivity index (χ4v) is 2.40. The monoisotopic (exact) mass is 237 g/mol. The van der Waals surface area contributed by atoms with Gasteiger partial charge in [0, 0.05) is 0 Å². The van der Waals surface area contributed by atoms with Crippen LogP contribution in [-0.2, 0) is 11.2 Å². The average molecular weight is 237 g/mol. The Kier molecular flexibility index (Phi) is 3.15. The number of rotatable bonds is 3. The van der Waals surface area contributed by atoms with Gasteiger partial charge < -0.3 is 10.4 Å². The maximum Gasteiger partial charge on any atom is 0.323 e. The van der Waals surface area contributed by atoms with Crippen LogP contribution in [0.2, 0.25) is 0 Å². The molecule has 1 aromatic carbocycles. The van der Waals surface area contributed by atoms with Crippen molar-refractivity contribution in [3.05, 3.63) is 35.6 Å². The molecule has 0 amide bonds. The molecular formula is C13H16FNO2. The summed E-state index contributed by atoms with van der Waals surface area (Å²) in [5.41, 5.74) is 0.0873. The second-order valence-electron chi connectivity index (χ2n) is 4.92. The van der Waals surface area contributed by atoms with Crippen LogP contribution < -0.4 is 5.32 Å². The summed E-state index contributed by atoms with van der Waals surface area (Å²) in [6.07, 6.45) is 1.30. The molecule has 92 valence electrons. The number of hydrogen-bond donors (Lipinski definition) is 2. The summed E-state index contributed by atoms with van der Waals surface area (Å²) in [5.74, 6) is -0.813. The Bertz CT molecular complexity index is 435. The van der Waals surface area contributed by atoms with Crippen LogP contribution in [0.15, 0.2) is 24.3 Å². The quantitative estimate of drug-likeness (QED) is 0.843. The van der Waals surface area contributed by atoms with Crippen molar-refractivity contribution in [2.24, 2.45) is 5.92 Å². The Morgan fingerprint density at radius 3 is 3.00 bits per heavy atom. The second-order valence-corrected chi connectivity index (χ2v) is 4.92. The summed E-state index contributed by atoms with van der Waals surface area (Å²) < 4.78 is 13.0. The minimum atomic E-state index is -0.835. The van der Waals surface area contributed by atoms with Crippen LogP contribution in [0, 0.1) is 11.7 Å². The van der Waals surface area contributed by atoms with Crippen molar-refractivity contribution >= 4 is 5.97 Å². The first kappa shape index (κ1) is 12.0. The number of hydrogen-bond acceptors (Lipinski definition) is 2. The van der Waals surface area contributed by atoms with Crippen LogP contribution in [0.25, 0.3) is 0 Å². The Morgan fingerprint density at radius 1 is 1.65 bits per heavy atom. The summed E-state index contributed by atoms with van der Waals surface area (Å²) in [4.78, 5) is 11.1. The van der Waals surface area contributed by atoms with Crippen LogP contribution in [0.5, 0.6) is 0 Å². The van der Waals surface area contributed by atoms with Gasteiger partial charge in [0.1, 0.15) is 11.4 Å². The minimum absolute atomic E-state index is 0.241. The van der Waals surface area contributed by atoms with Gasteiger partial charge in [-0.25, -0.2) is 4.39 Å². The number of halogens is 1. The largest absolute Gasteiger partial charge is 0.480 e. The molecule has 4 heteroatoms. The third-order valence-electron chi connectivity index (χ3n) is 3.36. The number of carboxylic acids is 1. The SMILES string of the molecule is CC1(C(=O)O)CC(Cc2cccc(F)c2)CN1. The highest BCUT2D eigenvalue weighted by molar-refractivity contribution is 5.78. The Morgan fingerprint density at radius 2 is 2.41 bits per heavy atom. The van der Waals surface area contributed by atoms with Gasteiger partial charge in [-0.3, -0.25) is 4.79 Å². The Balaban J connectivity index is 2.01. The Labute approximate surface area is 99.7 Å². The van der Waals surface area contributed by atoms with Crippen LogP contribution in [-0.4, -0.2) is 23.2 Å². The van der Waals surface area contributed by atoms with Crippen LogP contribution in [0.1, 0.15) is 18.9 Å². The lowest BCUT2D eigenvalue weighted by Gasteiger charge is -2.18. The predicted octanol–water partition coefficient (Wildman–Crippen LogP) is 1.82. The van der Waals surface area contributed by atoms with Crippen molar-refractivity contribution in [1.29, 1.82) is 0 Å². The normalized spacial score (nSPS) is 28.2. The van der Waals surface area contributed by atoms with E-state index in [9.17, 15) is 9.18 Å². The van der Waals surface area contributed by atoms with Crippen LogP contribution in [0.3, 0.4) is 0 Å². The van der Waals surface area contributed by atoms with E-state index in [4.69, 9.17) is 5.11 Å². The molecule has 3 nitrogen and oxygen atoms in total. The van der Waals surface area contributed by atoms with Gasteiger partial charge in [0.2, 0.25) is 0 Å². The van der Waals surface area contributed by atoms with Gasteiger partial charge >= 0.3 is 5.97 Å².